The van der Waals surface area contributed by atoms with E-state index in [1.807, 2.05) is 49.4 Å². The Morgan fingerprint density at radius 2 is 1.57 bits per heavy atom. The zero-order valence-electron chi connectivity index (χ0n) is 12.6. The van der Waals surface area contributed by atoms with Crippen LogP contribution in [0.25, 0.3) is 0 Å². The molecule has 0 saturated carbocycles. The second-order valence-corrected chi connectivity index (χ2v) is 4.83. The molecule has 2 N–H and O–H groups in total. The number of nitrogens with two attached hydrogens (primary N) is 1. The van der Waals surface area contributed by atoms with Crippen LogP contribution in [0.2, 0.25) is 0 Å². The van der Waals surface area contributed by atoms with Crippen molar-refractivity contribution in [1.29, 1.82) is 0 Å². The quantitative estimate of drug-likeness (QED) is 0.885. The van der Waals surface area contributed by atoms with E-state index in [4.69, 9.17) is 19.9 Å². The van der Waals surface area contributed by atoms with Crippen molar-refractivity contribution in [2.75, 3.05) is 14.2 Å². The Balaban J connectivity index is 2.13. The third kappa shape index (κ3) is 3.89. The van der Waals surface area contributed by atoms with Crippen LogP contribution in [0.1, 0.15) is 24.1 Å². The zero-order valence-corrected chi connectivity index (χ0v) is 12.6. The molecule has 0 fully saturated rings. The minimum Gasteiger partial charge on any atom is -0.497 e. The lowest BCUT2D eigenvalue weighted by Gasteiger charge is -2.15. The van der Waals surface area contributed by atoms with Crippen molar-refractivity contribution in [3.8, 4) is 17.2 Å². The highest BCUT2D eigenvalue weighted by Gasteiger charge is 2.10. The van der Waals surface area contributed by atoms with Gasteiger partial charge in [-0.05, 0) is 30.7 Å². The first-order chi connectivity index (χ1) is 10.1. The van der Waals surface area contributed by atoms with Crippen LogP contribution in [-0.4, -0.2) is 14.2 Å². The first-order valence-corrected chi connectivity index (χ1v) is 6.83. The largest absolute Gasteiger partial charge is 0.497 e. The maximum atomic E-state index is 5.98. The number of rotatable bonds is 6. The molecular formula is C17H21NO3. The van der Waals surface area contributed by atoms with Gasteiger partial charge in [0.05, 0.1) is 14.2 Å². The molecule has 1 unspecified atom stereocenters. The molecule has 1 atom stereocenters. The van der Waals surface area contributed by atoms with Crippen molar-refractivity contribution < 1.29 is 14.2 Å². The van der Waals surface area contributed by atoms with Gasteiger partial charge in [-0.1, -0.05) is 18.2 Å². The van der Waals surface area contributed by atoms with Crippen molar-refractivity contribution in [2.24, 2.45) is 5.73 Å². The smallest absolute Gasteiger partial charge is 0.128 e. The molecule has 0 aliphatic heterocycles. The van der Waals surface area contributed by atoms with Crippen molar-refractivity contribution in [1.82, 2.24) is 0 Å². The van der Waals surface area contributed by atoms with Crippen LogP contribution in [0.3, 0.4) is 0 Å². The molecule has 0 bridgehead atoms. The molecule has 0 spiro atoms. The second-order valence-electron chi connectivity index (χ2n) is 4.83. The number of hydrogen-bond donors (Lipinski definition) is 1. The van der Waals surface area contributed by atoms with Crippen LogP contribution in [0.5, 0.6) is 17.2 Å². The lowest BCUT2D eigenvalue weighted by atomic mass is 10.1. The standard InChI is InChI=1S/C17H21NO3/c1-12(18)16-9-8-15(20-3)10-17(16)21-11-13-4-6-14(19-2)7-5-13/h4-10,12H,11,18H2,1-3H3. The van der Waals surface area contributed by atoms with Crippen molar-refractivity contribution >= 4 is 0 Å². The van der Waals surface area contributed by atoms with Crippen LogP contribution in [0.4, 0.5) is 0 Å². The molecule has 2 aromatic carbocycles. The SMILES string of the molecule is COc1ccc(COc2cc(OC)ccc2C(C)N)cc1. The van der Waals surface area contributed by atoms with Crippen LogP contribution >= 0.6 is 0 Å². The predicted octanol–water partition coefficient (Wildman–Crippen LogP) is 3.30. The van der Waals surface area contributed by atoms with E-state index in [-0.39, 0.29) is 6.04 Å². The van der Waals surface area contributed by atoms with Gasteiger partial charge in [0.1, 0.15) is 23.9 Å². The predicted molar refractivity (Wildman–Crippen MR) is 82.9 cm³/mol. The van der Waals surface area contributed by atoms with Gasteiger partial charge >= 0.3 is 0 Å². The summed E-state index contributed by atoms with van der Waals surface area (Å²) in [6.45, 7) is 2.40. The third-order valence-corrected chi connectivity index (χ3v) is 3.26. The van der Waals surface area contributed by atoms with Crippen LogP contribution in [0.15, 0.2) is 42.5 Å². The summed E-state index contributed by atoms with van der Waals surface area (Å²) < 4.78 is 16.3. The van der Waals surface area contributed by atoms with E-state index in [9.17, 15) is 0 Å². The first kappa shape index (κ1) is 15.2. The summed E-state index contributed by atoms with van der Waals surface area (Å²) in [5.74, 6) is 2.33. The van der Waals surface area contributed by atoms with E-state index >= 15 is 0 Å². The molecule has 0 heterocycles. The van der Waals surface area contributed by atoms with Gasteiger partial charge in [0.15, 0.2) is 0 Å². The van der Waals surface area contributed by atoms with Gasteiger partial charge in [-0.15, -0.1) is 0 Å². The summed E-state index contributed by atoms with van der Waals surface area (Å²) in [6.07, 6.45) is 0. The van der Waals surface area contributed by atoms with Gasteiger partial charge in [0.25, 0.3) is 0 Å². The zero-order chi connectivity index (χ0) is 15.2. The van der Waals surface area contributed by atoms with Gasteiger partial charge in [0.2, 0.25) is 0 Å². The lowest BCUT2D eigenvalue weighted by Crippen LogP contribution is -2.08. The molecule has 0 aromatic heterocycles. The Kier molecular flexibility index (Phi) is 5.06. The number of methoxy groups -OCH3 is 2. The average Bonchev–Trinajstić information content (AvgIpc) is 2.52. The monoisotopic (exact) mass is 287 g/mol. The van der Waals surface area contributed by atoms with E-state index in [0.29, 0.717) is 6.61 Å². The fourth-order valence-electron chi connectivity index (χ4n) is 2.03. The van der Waals surface area contributed by atoms with Crippen LogP contribution in [0, 0.1) is 0 Å². The Labute approximate surface area is 125 Å². The number of hydrogen-bond acceptors (Lipinski definition) is 4. The molecule has 112 valence electrons. The molecule has 4 nitrogen and oxygen atoms in total. The van der Waals surface area contributed by atoms with Crippen LogP contribution in [-0.2, 0) is 6.61 Å². The Hall–Kier alpha value is -2.20. The minimum absolute atomic E-state index is 0.0956. The summed E-state index contributed by atoms with van der Waals surface area (Å²) in [6, 6.07) is 13.4. The molecule has 0 saturated heterocycles. The fraction of sp³-hybridized carbons (Fsp3) is 0.294. The fourth-order valence-corrected chi connectivity index (χ4v) is 2.03. The van der Waals surface area contributed by atoms with Gasteiger partial charge in [-0.2, -0.15) is 0 Å². The van der Waals surface area contributed by atoms with Gasteiger partial charge in [-0.25, -0.2) is 0 Å². The van der Waals surface area contributed by atoms with E-state index in [0.717, 1.165) is 28.4 Å². The molecule has 0 radical (unpaired) electrons. The van der Waals surface area contributed by atoms with E-state index in [1.54, 1.807) is 14.2 Å². The Morgan fingerprint density at radius 1 is 0.952 bits per heavy atom. The molecule has 0 aliphatic rings. The summed E-state index contributed by atoms with van der Waals surface area (Å²) in [4.78, 5) is 0. The van der Waals surface area contributed by atoms with E-state index < -0.39 is 0 Å². The topological polar surface area (TPSA) is 53.7 Å². The highest BCUT2D eigenvalue weighted by Crippen LogP contribution is 2.29. The summed E-state index contributed by atoms with van der Waals surface area (Å²) in [5, 5.41) is 0. The number of benzene rings is 2. The highest BCUT2D eigenvalue weighted by molar-refractivity contribution is 5.42. The molecule has 21 heavy (non-hydrogen) atoms. The lowest BCUT2D eigenvalue weighted by molar-refractivity contribution is 0.298. The number of ether oxygens (including phenoxy) is 3. The Morgan fingerprint density at radius 3 is 2.14 bits per heavy atom. The molecule has 2 aromatic rings. The summed E-state index contributed by atoms with van der Waals surface area (Å²) >= 11 is 0. The highest BCUT2D eigenvalue weighted by atomic mass is 16.5. The van der Waals surface area contributed by atoms with E-state index in [1.165, 1.54) is 0 Å². The Bertz CT molecular complexity index is 579. The molecule has 0 amide bonds. The van der Waals surface area contributed by atoms with Crippen LogP contribution < -0.4 is 19.9 Å². The van der Waals surface area contributed by atoms with Gasteiger partial charge in [0, 0.05) is 17.7 Å². The minimum atomic E-state index is -0.0956. The molecule has 0 aliphatic carbocycles. The van der Waals surface area contributed by atoms with Gasteiger partial charge < -0.3 is 19.9 Å². The molecule has 2 rings (SSSR count). The van der Waals surface area contributed by atoms with Gasteiger partial charge in [-0.3, -0.25) is 0 Å². The molecule has 4 heteroatoms. The van der Waals surface area contributed by atoms with Crippen molar-refractivity contribution in [2.45, 2.75) is 19.6 Å². The first-order valence-electron chi connectivity index (χ1n) is 6.83. The summed E-state index contributed by atoms with van der Waals surface area (Å²) in [7, 11) is 3.28. The summed E-state index contributed by atoms with van der Waals surface area (Å²) in [5.41, 5.74) is 8.00. The molecular weight excluding hydrogens is 266 g/mol. The van der Waals surface area contributed by atoms with Crippen molar-refractivity contribution in [3.63, 3.8) is 0 Å². The third-order valence-electron chi connectivity index (χ3n) is 3.26. The van der Waals surface area contributed by atoms with Crippen molar-refractivity contribution in [3.05, 3.63) is 53.6 Å². The normalized spacial score (nSPS) is 11.8. The second kappa shape index (κ2) is 6.99. The van der Waals surface area contributed by atoms with E-state index in [2.05, 4.69) is 0 Å². The average molecular weight is 287 g/mol. The maximum absolute atomic E-state index is 5.98. The maximum Gasteiger partial charge on any atom is 0.128 e.